The van der Waals surface area contributed by atoms with Crippen molar-refractivity contribution in [3.63, 3.8) is 0 Å². The number of nitrogens with zero attached hydrogens (tertiary/aromatic N) is 1. The Morgan fingerprint density at radius 3 is 2.71 bits per heavy atom. The zero-order chi connectivity index (χ0) is 15.5. The molecule has 0 aromatic carbocycles. The molecule has 118 valence electrons. The predicted molar refractivity (Wildman–Crippen MR) is 84.8 cm³/mol. The Bertz CT molecular complexity index is 421. The molecule has 1 aromatic heterocycles. The van der Waals surface area contributed by atoms with Gasteiger partial charge in [-0.3, -0.25) is 4.79 Å². The van der Waals surface area contributed by atoms with Crippen molar-refractivity contribution in [1.82, 2.24) is 10.2 Å². The number of carboxylic acids is 1. The van der Waals surface area contributed by atoms with Gasteiger partial charge < -0.3 is 15.3 Å². The van der Waals surface area contributed by atoms with E-state index in [-0.39, 0.29) is 12.5 Å². The molecule has 0 bridgehead atoms. The van der Waals surface area contributed by atoms with Crippen LogP contribution in [0, 0.1) is 0 Å². The summed E-state index contributed by atoms with van der Waals surface area (Å²) in [6.45, 7) is 1.36. The molecule has 2 amide bonds. The van der Waals surface area contributed by atoms with Gasteiger partial charge in [0.05, 0.1) is 0 Å². The van der Waals surface area contributed by atoms with Crippen molar-refractivity contribution in [3.8, 4) is 0 Å². The van der Waals surface area contributed by atoms with E-state index in [4.69, 9.17) is 5.11 Å². The number of hydrogen-bond donors (Lipinski definition) is 2. The second kappa shape index (κ2) is 10.2. The van der Waals surface area contributed by atoms with Gasteiger partial charge in [0.25, 0.3) is 0 Å². The van der Waals surface area contributed by atoms with E-state index < -0.39 is 5.97 Å². The van der Waals surface area contributed by atoms with Crippen molar-refractivity contribution in [2.45, 2.75) is 38.5 Å². The molecule has 0 radical (unpaired) electrons. The van der Waals surface area contributed by atoms with Gasteiger partial charge in [0.2, 0.25) is 0 Å². The number of amides is 2. The van der Waals surface area contributed by atoms with E-state index in [0.29, 0.717) is 19.5 Å². The normalized spacial score (nSPS) is 10.3. The monoisotopic (exact) mass is 312 g/mol. The Kier molecular flexibility index (Phi) is 8.50. The van der Waals surface area contributed by atoms with E-state index in [1.165, 1.54) is 4.88 Å². The number of rotatable bonds is 10. The van der Waals surface area contributed by atoms with Gasteiger partial charge in [-0.1, -0.05) is 18.9 Å². The van der Waals surface area contributed by atoms with Crippen LogP contribution in [0.1, 0.15) is 37.0 Å². The zero-order valence-corrected chi connectivity index (χ0v) is 13.3. The molecule has 6 heteroatoms. The smallest absolute Gasteiger partial charge is 0.317 e. The third-order valence-electron chi connectivity index (χ3n) is 3.21. The van der Waals surface area contributed by atoms with Gasteiger partial charge >= 0.3 is 12.0 Å². The van der Waals surface area contributed by atoms with E-state index in [1.54, 1.807) is 23.3 Å². The minimum atomic E-state index is -0.740. The molecule has 1 rings (SSSR count). The highest BCUT2D eigenvalue weighted by atomic mass is 32.1. The molecule has 0 atom stereocenters. The van der Waals surface area contributed by atoms with Crippen LogP contribution < -0.4 is 5.32 Å². The summed E-state index contributed by atoms with van der Waals surface area (Å²) in [5, 5.41) is 13.4. The van der Waals surface area contributed by atoms with Crippen LogP contribution in [0.25, 0.3) is 0 Å². The number of carbonyl (C=O) groups is 2. The molecule has 1 aromatic rings. The first-order chi connectivity index (χ1) is 10.1. The number of thiophene rings is 1. The molecule has 0 aliphatic carbocycles. The highest BCUT2D eigenvalue weighted by molar-refractivity contribution is 7.09. The summed E-state index contributed by atoms with van der Waals surface area (Å²) in [4.78, 5) is 25.1. The largest absolute Gasteiger partial charge is 0.481 e. The van der Waals surface area contributed by atoms with Gasteiger partial charge in [0.1, 0.15) is 0 Å². The fourth-order valence-corrected chi connectivity index (χ4v) is 2.62. The molecule has 0 fully saturated rings. The number of carboxylic acid groups (broad SMARTS) is 1. The minimum absolute atomic E-state index is 0.0444. The summed E-state index contributed by atoms with van der Waals surface area (Å²) in [5.74, 6) is -0.740. The second-order valence-electron chi connectivity index (χ2n) is 5.04. The molecule has 0 saturated heterocycles. The second-order valence-corrected chi connectivity index (χ2v) is 6.07. The summed E-state index contributed by atoms with van der Waals surface area (Å²) in [7, 11) is 1.80. The third-order valence-corrected chi connectivity index (χ3v) is 4.15. The van der Waals surface area contributed by atoms with Gasteiger partial charge in [-0.2, -0.15) is 0 Å². The quantitative estimate of drug-likeness (QED) is 0.653. The van der Waals surface area contributed by atoms with Crippen LogP contribution in [-0.2, 0) is 11.2 Å². The van der Waals surface area contributed by atoms with E-state index >= 15 is 0 Å². The number of urea groups is 1. The maximum absolute atomic E-state index is 11.8. The fraction of sp³-hybridized carbons (Fsp3) is 0.600. The van der Waals surface area contributed by atoms with Crippen LogP contribution in [0.2, 0.25) is 0 Å². The molecule has 1 heterocycles. The van der Waals surface area contributed by atoms with Gasteiger partial charge in [0, 0.05) is 31.4 Å². The van der Waals surface area contributed by atoms with Crippen LogP contribution in [0.5, 0.6) is 0 Å². The Morgan fingerprint density at radius 1 is 1.29 bits per heavy atom. The summed E-state index contributed by atoms with van der Waals surface area (Å²) in [5.41, 5.74) is 0. The van der Waals surface area contributed by atoms with Crippen molar-refractivity contribution in [3.05, 3.63) is 22.4 Å². The molecular weight excluding hydrogens is 288 g/mol. The van der Waals surface area contributed by atoms with Crippen molar-refractivity contribution in [2.75, 3.05) is 20.1 Å². The number of likely N-dealkylation sites (N-methyl/N-ethyl adjacent to an activating group) is 1. The van der Waals surface area contributed by atoms with E-state index in [9.17, 15) is 9.59 Å². The van der Waals surface area contributed by atoms with Gasteiger partial charge in [-0.25, -0.2) is 4.79 Å². The summed E-state index contributed by atoms with van der Waals surface area (Å²) in [6, 6.07) is 4.05. The Hall–Kier alpha value is -1.56. The SMILES string of the molecule is CN(CCc1cccs1)C(=O)NCCCCCCC(=O)O. The number of hydrogen-bond acceptors (Lipinski definition) is 3. The highest BCUT2D eigenvalue weighted by Gasteiger charge is 2.07. The average Bonchev–Trinajstić information content (AvgIpc) is 2.96. The van der Waals surface area contributed by atoms with E-state index in [0.717, 1.165) is 25.7 Å². The van der Waals surface area contributed by atoms with Crippen LogP contribution >= 0.6 is 11.3 Å². The molecule has 21 heavy (non-hydrogen) atoms. The number of carbonyl (C=O) groups excluding carboxylic acids is 1. The van der Waals surface area contributed by atoms with E-state index in [2.05, 4.69) is 11.4 Å². The Morgan fingerprint density at radius 2 is 2.05 bits per heavy atom. The number of unbranched alkanes of at least 4 members (excludes halogenated alkanes) is 3. The minimum Gasteiger partial charge on any atom is -0.481 e. The lowest BCUT2D eigenvalue weighted by atomic mass is 10.1. The number of nitrogens with one attached hydrogen (secondary N) is 1. The van der Waals surface area contributed by atoms with Gasteiger partial charge in [0.15, 0.2) is 0 Å². The van der Waals surface area contributed by atoms with Gasteiger partial charge in [-0.15, -0.1) is 11.3 Å². The maximum Gasteiger partial charge on any atom is 0.317 e. The molecule has 0 aliphatic heterocycles. The lowest BCUT2D eigenvalue weighted by Gasteiger charge is -2.17. The van der Waals surface area contributed by atoms with Crippen LogP contribution in [0.3, 0.4) is 0 Å². The molecular formula is C15H24N2O3S. The van der Waals surface area contributed by atoms with Gasteiger partial charge in [-0.05, 0) is 30.7 Å². The van der Waals surface area contributed by atoms with Crippen molar-refractivity contribution < 1.29 is 14.7 Å². The third kappa shape index (κ3) is 8.34. The first kappa shape index (κ1) is 17.5. The lowest BCUT2D eigenvalue weighted by Crippen LogP contribution is -2.38. The van der Waals surface area contributed by atoms with Crippen molar-refractivity contribution in [1.29, 1.82) is 0 Å². The van der Waals surface area contributed by atoms with E-state index in [1.807, 2.05) is 11.4 Å². The van der Waals surface area contributed by atoms with Crippen LogP contribution in [-0.4, -0.2) is 42.1 Å². The Labute approximate surface area is 130 Å². The van der Waals surface area contributed by atoms with Crippen molar-refractivity contribution >= 4 is 23.3 Å². The predicted octanol–water partition coefficient (Wildman–Crippen LogP) is 2.97. The van der Waals surface area contributed by atoms with Crippen molar-refractivity contribution in [2.24, 2.45) is 0 Å². The molecule has 5 nitrogen and oxygen atoms in total. The fourth-order valence-electron chi connectivity index (χ4n) is 1.92. The molecule has 2 N–H and O–H groups in total. The summed E-state index contributed by atoms with van der Waals surface area (Å²) in [6.07, 6.45) is 4.57. The first-order valence-electron chi connectivity index (χ1n) is 7.32. The highest BCUT2D eigenvalue weighted by Crippen LogP contribution is 2.09. The maximum atomic E-state index is 11.8. The average molecular weight is 312 g/mol. The molecule has 0 aliphatic rings. The van der Waals surface area contributed by atoms with Crippen LogP contribution in [0.15, 0.2) is 17.5 Å². The topological polar surface area (TPSA) is 69.6 Å². The summed E-state index contributed by atoms with van der Waals surface area (Å²) < 4.78 is 0. The molecule has 0 unspecified atom stereocenters. The lowest BCUT2D eigenvalue weighted by molar-refractivity contribution is -0.137. The number of aliphatic carboxylic acids is 1. The molecule has 0 saturated carbocycles. The standard InChI is InChI=1S/C15H24N2O3S/c1-17(11-9-13-7-6-12-21-13)15(20)16-10-5-3-2-4-8-14(18)19/h6-7,12H,2-5,8-11H2,1H3,(H,16,20)(H,18,19). The molecule has 0 spiro atoms. The first-order valence-corrected chi connectivity index (χ1v) is 8.20. The zero-order valence-electron chi connectivity index (χ0n) is 12.5. The summed E-state index contributed by atoms with van der Waals surface area (Å²) >= 11 is 1.71. The Balaban J connectivity index is 2.00. The van der Waals surface area contributed by atoms with Crippen LogP contribution in [0.4, 0.5) is 4.79 Å².